The summed E-state index contributed by atoms with van der Waals surface area (Å²) in [5.74, 6) is 0.0226. The fourth-order valence-electron chi connectivity index (χ4n) is 3.73. The number of hydrogen-bond acceptors (Lipinski definition) is 7. The van der Waals surface area contributed by atoms with Gasteiger partial charge in [0, 0.05) is 10.7 Å². The molecule has 1 aliphatic carbocycles. The first-order valence-corrected chi connectivity index (χ1v) is 8.63. The van der Waals surface area contributed by atoms with E-state index in [1.54, 1.807) is 24.3 Å². The number of aromatic nitrogens is 2. The van der Waals surface area contributed by atoms with Crippen LogP contribution in [-0.2, 0) is 16.1 Å². The molecule has 1 aliphatic heterocycles. The standard InChI is InChI=1S/C17H16BrN3O5/c18-11-3-1-10(2-4-11)17(25)12(9-22)26-16(7-6-15(16,17)24)21-8-5-13(19)20-14(21)23/h1-8,12,22,24-25H,9H2,(H2,19,20,23)/t12-,15+,16-,17-/m1/s1. The number of fused-ring (bicyclic) bond motifs is 1. The van der Waals surface area contributed by atoms with Crippen LogP contribution in [0.2, 0.25) is 0 Å². The molecule has 26 heavy (non-hydrogen) atoms. The van der Waals surface area contributed by atoms with E-state index in [0.29, 0.717) is 5.56 Å². The number of hydrogen-bond donors (Lipinski definition) is 4. The van der Waals surface area contributed by atoms with E-state index >= 15 is 0 Å². The fourth-order valence-corrected chi connectivity index (χ4v) is 3.99. The van der Waals surface area contributed by atoms with Crippen molar-refractivity contribution in [3.63, 3.8) is 0 Å². The van der Waals surface area contributed by atoms with Crippen LogP contribution in [0.4, 0.5) is 5.82 Å². The number of aliphatic hydroxyl groups is 3. The highest BCUT2D eigenvalue weighted by Crippen LogP contribution is 2.60. The smallest absolute Gasteiger partial charge is 0.352 e. The molecule has 0 unspecified atom stereocenters. The summed E-state index contributed by atoms with van der Waals surface area (Å²) in [5, 5.41) is 32.7. The molecule has 1 saturated heterocycles. The van der Waals surface area contributed by atoms with E-state index in [2.05, 4.69) is 20.9 Å². The second kappa shape index (κ2) is 5.48. The second-order valence-corrected chi connectivity index (χ2v) is 7.28. The lowest BCUT2D eigenvalue weighted by Crippen LogP contribution is -2.67. The number of anilines is 1. The minimum atomic E-state index is -2.00. The third kappa shape index (κ3) is 1.92. The predicted octanol–water partition coefficient (Wildman–Crippen LogP) is -0.179. The highest BCUT2D eigenvalue weighted by molar-refractivity contribution is 9.10. The fraction of sp³-hybridized carbons (Fsp3) is 0.294. The van der Waals surface area contributed by atoms with Crippen LogP contribution in [-0.4, -0.2) is 43.2 Å². The van der Waals surface area contributed by atoms with E-state index in [-0.39, 0.29) is 5.82 Å². The molecule has 9 heteroatoms. The third-order valence-electron chi connectivity index (χ3n) is 5.10. The maximum absolute atomic E-state index is 12.3. The largest absolute Gasteiger partial charge is 0.394 e. The van der Waals surface area contributed by atoms with Crippen LogP contribution in [0.5, 0.6) is 0 Å². The molecule has 2 heterocycles. The molecule has 2 aliphatic rings. The van der Waals surface area contributed by atoms with Crippen molar-refractivity contribution in [2.75, 3.05) is 12.3 Å². The normalized spacial score (nSPS) is 35.2. The van der Waals surface area contributed by atoms with E-state index in [0.717, 1.165) is 9.04 Å². The van der Waals surface area contributed by atoms with Gasteiger partial charge in [-0.25, -0.2) is 4.79 Å². The average Bonchev–Trinajstić information content (AvgIpc) is 2.73. The molecule has 136 valence electrons. The highest BCUT2D eigenvalue weighted by atomic mass is 79.9. The Hall–Kier alpha value is -2.04. The zero-order chi connectivity index (χ0) is 18.7. The zero-order valence-corrected chi connectivity index (χ0v) is 15.0. The van der Waals surface area contributed by atoms with Gasteiger partial charge in [-0.1, -0.05) is 28.1 Å². The van der Waals surface area contributed by atoms with Crippen molar-refractivity contribution in [1.29, 1.82) is 0 Å². The average molecular weight is 422 g/mol. The first-order chi connectivity index (χ1) is 12.3. The van der Waals surface area contributed by atoms with Gasteiger partial charge in [-0.3, -0.25) is 4.57 Å². The van der Waals surface area contributed by atoms with Crippen LogP contribution in [0.1, 0.15) is 5.56 Å². The van der Waals surface area contributed by atoms with Crippen molar-refractivity contribution in [2.24, 2.45) is 0 Å². The van der Waals surface area contributed by atoms with Gasteiger partial charge in [0.1, 0.15) is 11.9 Å². The summed E-state index contributed by atoms with van der Waals surface area (Å²) >= 11 is 3.32. The summed E-state index contributed by atoms with van der Waals surface area (Å²) in [5.41, 5.74) is -0.574. The van der Waals surface area contributed by atoms with Crippen LogP contribution in [0.25, 0.3) is 0 Å². The number of nitrogens with two attached hydrogens (primary N) is 1. The van der Waals surface area contributed by atoms with Gasteiger partial charge in [-0.05, 0) is 35.9 Å². The van der Waals surface area contributed by atoms with E-state index in [1.807, 2.05) is 0 Å². The molecule has 0 amide bonds. The van der Waals surface area contributed by atoms with Gasteiger partial charge in [0.2, 0.25) is 5.72 Å². The Morgan fingerprint density at radius 2 is 1.92 bits per heavy atom. The lowest BCUT2D eigenvalue weighted by Gasteiger charge is -2.49. The van der Waals surface area contributed by atoms with Gasteiger partial charge in [-0.15, -0.1) is 0 Å². The number of rotatable bonds is 3. The predicted molar refractivity (Wildman–Crippen MR) is 95.0 cm³/mol. The van der Waals surface area contributed by atoms with Gasteiger partial charge in [-0.2, -0.15) is 4.98 Å². The molecule has 4 rings (SSSR count). The monoisotopic (exact) mass is 421 g/mol. The number of halogens is 1. The van der Waals surface area contributed by atoms with Gasteiger partial charge in [0.25, 0.3) is 0 Å². The van der Waals surface area contributed by atoms with E-state index in [1.165, 1.54) is 24.4 Å². The number of nitrogens with zero attached hydrogens (tertiary/aromatic N) is 2. The van der Waals surface area contributed by atoms with Crippen molar-refractivity contribution >= 4 is 21.7 Å². The van der Waals surface area contributed by atoms with Crippen LogP contribution >= 0.6 is 15.9 Å². The van der Waals surface area contributed by atoms with E-state index in [9.17, 15) is 20.1 Å². The van der Waals surface area contributed by atoms with Gasteiger partial charge >= 0.3 is 5.69 Å². The maximum Gasteiger partial charge on any atom is 0.352 e. The Balaban J connectivity index is 1.92. The second-order valence-electron chi connectivity index (χ2n) is 6.36. The number of ether oxygens (including phenoxy) is 1. The lowest BCUT2D eigenvalue weighted by molar-refractivity contribution is -0.180. The maximum atomic E-state index is 12.3. The van der Waals surface area contributed by atoms with Crippen LogP contribution in [0.3, 0.4) is 0 Å². The molecule has 2 aromatic rings. The molecule has 0 radical (unpaired) electrons. The summed E-state index contributed by atoms with van der Waals surface area (Å²) in [6, 6.07) is 8.01. The minimum absolute atomic E-state index is 0.0226. The lowest BCUT2D eigenvalue weighted by atomic mass is 9.65. The van der Waals surface area contributed by atoms with Crippen molar-refractivity contribution in [3.8, 4) is 0 Å². The van der Waals surface area contributed by atoms with Crippen LogP contribution in [0, 0.1) is 0 Å². The SMILES string of the molecule is Nc1ccn([C@@]23C=C[C@@]2(O)[C@@](O)(c2ccc(Br)cc2)[C@@H](CO)O3)c(=O)n1. The molecule has 5 N–H and O–H groups in total. The molecular formula is C17H16BrN3O5. The Morgan fingerprint density at radius 1 is 1.23 bits per heavy atom. The molecule has 1 aromatic carbocycles. The van der Waals surface area contributed by atoms with Crippen molar-refractivity contribution < 1.29 is 20.1 Å². The van der Waals surface area contributed by atoms with Gasteiger partial charge < -0.3 is 25.8 Å². The van der Waals surface area contributed by atoms with Crippen molar-refractivity contribution in [1.82, 2.24) is 9.55 Å². The Labute approximate surface area is 156 Å². The molecule has 0 spiro atoms. The quantitative estimate of drug-likeness (QED) is 0.505. The van der Waals surface area contributed by atoms with Gasteiger partial charge in [0.15, 0.2) is 11.2 Å². The van der Waals surface area contributed by atoms with Crippen LogP contribution < -0.4 is 11.4 Å². The minimum Gasteiger partial charge on any atom is -0.394 e. The summed E-state index contributed by atoms with van der Waals surface area (Å²) in [7, 11) is 0. The van der Waals surface area contributed by atoms with Crippen molar-refractivity contribution in [2.45, 2.75) is 23.0 Å². The zero-order valence-electron chi connectivity index (χ0n) is 13.4. The summed E-state index contributed by atoms with van der Waals surface area (Å²) < 4.78 is 7.68. The summed E-state index contributed by atoms with van der Waals surface area (Å²) in [6.07, 6.45) is 2.95. The topological polar surface area (TPSA) is 131 Å². The third-order valence-corrected chi connectivity index (χ3v) is 5.63. The molecular weight excluding hydrogens is 406 g/mol. The molecule has 8 nitrogen and oxygen atoms in total. The Morgan fingerprint density at radius 3 is 2.46 bits per heavy atom. The summed E-state index contributed by atoms with van der Waals surface area (Å²) in [4.78, 5) is 16.0. The summed E-state index contributed by atoms with van der Waals surface area (Å²) in [6.45, 7) is -0.574. The molecule has 0 saturated carbocycles. The number of benzene rings is 1. The Kier molecular flexibility index (Phi) is 3.66. The van der Waals surface area contributed by atoms with Crippen molar-refractivity contribution in [3.05, 3.63) is 69.2 Å². The number of nitrogen functional groups attached to an aromatic ring is 1. The van der Waals surface area contributed by atoms with E-state index in [4.69, 9.17) is 10.5 Å². The Bertz CT molecular complexity index is 962. The molecule has 1 aromatic heterocycles. The molecule has 4 atom stereocenters. The van der Waals surface area contributed by atoms with Crippen LogP contribution in [0.15, 0.2) is 57.9 Å². The molecule has 0 bridgehead atoms. The number of aliphatic hydroxyl groups excluding tert-OH is 1. The first kappa shape index (κ1) is 17.4. The van der Waals surface area contributed by atoms with E-state index < -0.39 is 35.3 Å². The molecule has 1 fully saturated rings. The van der Waals surface area contributed by atoms with Gasteiger partial charge in [0.05, 0.1) is 6.61 Å². The highest BCUT2D eigenvalue weighted by Gasteiger charge is 2.76. The first-order valence-electron chi connectivity index (χ1n) is 7.84.